The van der Waals surface area contributed by atoms with E-state index in [1.54, 1.807) is 6.20 Å². The molecule has 0 aliphatic heterocycles. The number of ether oxygens (including phenoxy) is 1. The zero-order valence-corrected chi connectivity index (χ0v) is 16.3. The first-order chi connectivity index (χ1) is 12.0. The fourth-order valence-corrected chi connectivity index (χ4v) is 2.66. The van der Waals surface area contributed by atoms with Gasteiger partial charge < -0.3 is 15.4 Å². The first-order valence-corrected chi connectivity index (χ1v) is 9.01. The van der Waals surface area contributed by atoms with Gasteiger partial charge in [-0.2, -0.15) is 0 Å². The average molecular weight is 403 g/mol. The number of rotatable bonds is 6. The van der Waals surface area contributed by atoms with Crippen LogP contribution < -0.4 is 15.4 Å². The Morgan fingerprint density at radius 1 is 1.24 bits per heavy atom. The Bertz CT molecular complexity index is 742. The average Bonchev–Trinajstić information content (AvgIpc) is 2.58. The minimum Gasteiger partial charge on any atom is -0.494 e. The highest BCUT2D eigenvalue weighted by molar-refractivity contribution is 9.10. The minimum absolute atomic E-state index is 0.164. The van der Waals surface area contributed by atoms with E-state index in [1.165, 1.54) is 0 Å². The molecule has 0 aliphatic rings. The van der Waals surface area contributed by atoms with Crippen molar-refractivity contribution >= 4 is 28.0 Å². The number of urea groups is 1. The van der Waals surface area contributed by atoms with Crippen molar-refractivity contribution < 1.29 is 9.53 Å². The normalized spacial score (nSPS) is 12.0. The molecule has 0 fully saturated rings. The number of amides is 2. The van der Waals surface area contributed by atoms with Gasteiger partial charge >= 0.3 is 6.03 Å². The second-order valence-corrected chi connectivity index (χ2v) is 6.61. The maximum Gasteiger partial charge on any atom is 0.319 e. The van der Waals surface area contributed by atoms with Crippen LogP contribution in [0.1, 0.15) is 36.6 Å². The van der Waals surface area contributed by atoms with Crippen molar-refractivity contribution in [3.8, 4) is 5.75 Å². The summed E-state index contributed by atoms with van der Waals surface area (Å²) in [5, 5.41) is 5.66. The summed E-state index contributed by atoms with van der Waals surface area (Å²) in [5.74, 6) is 0.798. The number of carbonyl (C=O) groups is 1. The second kappa shape index (κ2) is 9.28. The van der Waals surface area contributed by atoms with Gasteiger partial charge in [0.15, 0.2) is 0 Å². The van der Waals surface area contributed by atoms with E-state index < -0.39 is 0 Å². The van der Waals surface area contributed by atoms with Gasteiger partial charge in [-0.15, -0.1) is 0 Å². The second-order valence-electron chi connectivity index (χ2n) is 5.70. The molecule has 25 heavy (non-hydrogen) atoms. The third-order valence-corrected chi connectivity index (χ3v) is 4.17. The number of aryl methyl sites for hydroxylation is 1. The van der Waals surface area contributed by atoms with Crippen molar-refractivity contribution in [1.29, 1.82) is 0 Å². The van der Waals surface area contributed by atoms with Crippen molar-refractivity contribution in [1.82, 2.24) is 10.6 Å². The van der Waals surface area contributed by atoms with Crippen LogP contribution >= 0.6 is 15.9 Å². The predicted molar refractivity (Wildman–Crippen MR) is 106 cm³/mol. The highest BCUT2D eigenvalue weighted by Gasteiger charge is 2.14. The van der Waals surface area contributed by atoms with Gasteiger partial charge in [0.2, 0.25) is 0 Å². The Morgan fingerprint density at radius 3 is 2.64 bits per heavy atom. The Hall–Kier alpha value is -2.27. The lowest BCUT2D eigenvalue weighted by molar-refractivity contribution is 0.241. The molecular formula is C20H23BrN2O2. The summed E-state index contributed by atoms with van der Waals surface area (Å²) in [6.07, 6.45) is 3.47. The first-order valence-electron chi connectivity index (χ1n) is 8.22. The molecule has 0 saturated heterocycles. The zero-order chi connectivity index (χ0) is 18.2. The third-order valence-electron chi connectivity index (χ3n) is 3.64. The summed E-state index contributed by atoms with van der Waals surface area (Å²) < 4.78 is 6.67. The Kier molecular flexibility index (Phi) is 7.07. The van der Waals surface area contributed by atoms with Crippen molar-refractivity contribution in [2.75, 3.05) is 6.61 Å². The number of carbonyl (C=O) groups excluding carboxylic acids is 1. The Labute approximate surface area is 157 Å². The molecular weight excluding hydrogens is 380 g/mol. The lowest BCUT2D eigenvalue weighted by Crippen LogP contribution is -2.34. The number of hydrogen-bond acceptors (Lipinski definition) is 2. The largest absolute Gasteiger partial charge is 0.494 e. The first kappa shape index (κ1) is 19.1. The SMILES string of the molecule is CCOc1ccc(C)cc1C(C)NC(=O)N/C=C/c1ccc(Br)cc1. The lowest BCUT2D eigenvalue weighted by Gasteiger charge is -2.18. The summed E-state index contributed by atoms with van der Waals surface area (Å²) in [4.78, 5) is 12.1. The molecule has 0 spiro atoms. The molecule has 0 aliphatic carbocycles. The smallest absolute Gasteiger partial charge is 0.319 e. The van der Waals surface area contributed by atoms with Crippen molar-refractivity contribution in [2.24, 2.45) is 0 Å². The number of benzene rings is 2. The molecule has 0 radical (unpaired) electrons. The lowest BCUT2D eigenvalue weighted by atomic mass is 10.0. The molecule has 0 bridgehead atoms. The van der Waals surface area contributed by atoms with Gasteiger partial charge in [0, 0.05) is 16.2 Å². The van der Waals surface area contributed by atoms with E-state index in [0.29, 0.717) is 6.61 Å². The van der Waals surface area contributed by atoms with Crippen LogP contribution in [0.25, 0.3) is 6.08 Å². The Morgan fingerprint density at radius 2 is 1.96 bits per heavy atom. The highest BCUT2D eigenvalue weighted by atomic mass is 79.9. The van der Waals surface area contributed by atoms with E-state index in [4.69, 9.17) is 4.74 Å². The van der Waals surface area contributed by atoms with Gasteiger partial charge in [-0.1, -0.05) is 45.8 Å². The Balaban J connectivity index is 1.95. The van der Waals surface area contributed by atoms with E-state index in [2.05, 4.69) is 26.6 Å². The van der Waals surface area contributed by atoms with Crippen molar-refractivity contribution in [3.63, 3.8) is 0 Å². The van der Waals surface area contributed by atoms with Crippen LogP contribution in [0, 0.1) is 6.92 Å². The van der Waals surface area contributed by atoms with Crippen LogP contribution in [0.3, 0.4) is 0 Å². The molecule has 2 aromatic carbocycles. The van der Waals surface area contributed by atoms with E-state index in [0.717, 1.165) is 26.9 Å². The summed E-state index contributed by atoms with van der Waals surface area (Å²) >= 11 is 3.39. The fraction of sp³-hybridized carbons (Fsp3) is 0.250. The molecule has 2 aromatic rings. The zero-order valence-electron chi connectivity index (χ0n) is 14.7. The van der Waals surface area contributed by atoms with Gasteiger partial charge in [-0.3, -0.25) is 0 Å². The molecule has 0 aromatic heterocycles. The standard InChI is InChI=1S/C20H23BrN2O2/c1-4-25-19-10-5-14(2)13-18(19)15(3)23-20(24)22-12-11-16-6-8-17(21)9-7-16/h5-13,15H,4H2,1-3H3,(H2,22,23,24)/b12-11+. The monoisotopic (exact) mass is 402 g/mol. The fourth-order valence-electron chi connectivity index (χ4n) is 2.40. The van der Waals surface area contributed by atoms with Crippen LogP contribution in [-0.4, -0.2) is 12.6 Å². The van der Waals surface area contributed by atoms with E-state index >= 15 is 0 Å². The maximum absolute atomic E-state index is 12.1. The van der Waals surface area contributed by atoms with Crippen LogP contribution in [0.5, 0.6) is 5.75 Å². The summed E-state index contributed by atoms with van der Waals surface area (Å²) in [5.41, 5.74) is 3.10. The summed E-state index contributed by atoms with van der Waals surface area (Å²) in [6.45, 7) is 6.49. The molecule has 1 unspecified atom stereocenters. The molecule has 2 amide bonds. The third kappa shape index (κ3) is 5.94. The van der Waals surface area contributed by atoms with E-state index in [1.807, 2.05) is 69.3 Å². The van der Waals surface area contributed by atoms with E-state index in [-0.39, 0.29) is 12.1 Å². The molecule has 5 heteroatoms. The van der Waals surface area contributed by atoms with Gasteiger partial charge in [-0.05, 0) is 50.6 Å². The van der Waals surface area contributed by atoms with Crippen LogP contribution in [-0.2, 0) is 0 Å². The molecule has 2 N–H and O–H groups in total. The maximum atomic E-state index is 12.1. The van der Waals surface area contributed by atoms with Crippen LogP contribution in [0.2, 0.25) is 0 Å². The van der Waals surface area contributed by atoms with Gasteiger partial charge in [0.05, 0.1) is 12.6 Å². The van der Waals surface area contributed by atoms with Crippen molar-refractivity contribution in [3.05, 3.63) is 69.8 Å². The molecule has 2 rings (SSSR count). The number of nitrogens with one attached hydrogen (secondary N) is 2. The molecule has 132 valence electrons. The topological polar surface area (TPSA) is 50.4 Å². The number of hydrogen-bond donors (Lipinski definition) is 2. The number of halogens is 1. The molecule has 0 saturated carbocycles. The van der Waals surface area contributed by atoms with Crippen LogP contribution in [0.4, 0.5) is 4.79 Å². The highest BCUT2D eigenvalue weighted by Crippen LogP contribution is 2.26. The summed E-state index contributed by atoms with van der Waals surface area (Å²) in [7, 11) is 0. The quantitative estimate of drug-likeness (QED) is 0.698. The molecule has 1 atom stereocenters. The van der Waals surface area contributed by atoms with Crippen LogP contribution in [0.15, 0.2) is 53.1 Å². The van der Waals surface area contributed by atoms with Gasteiger partial charge in [0.25, 0.3) is 0 Å². The molecule has 0 heterocycles. The minimum atomic E-state index is -0.259. The summed E-state index contributed by atoms with van der Waals surface area (Å²) in [6, 6.07) is 13.4. The molecule has 4 nitrogen and oxygen atoms in total. The van der Waals surface area contributed by atoms with Crippen molar-refractivity contribution in [2.45, 2.75) is 26.8 Å². The van der Waals surface area contributed by atoms with Gasteiger partial charge in [0.1, 0.15) is 5.75 Å². The predicted octanol–water partition coefficient (Wildman–Crippen LogP) is 5.19. The van der Waals surface area contributed by atoms with E-state index in [9.17, 15) is 4.79 Å². The van der Waals surface area contributed by atoms with Gasteiger partial charge in [-0.25, -0.2) is 4.79 Å².